The summed E-state index contributed by atoms with van der Waals surface area (Å²) in [5, 5.41) is 0. The molecular formula is C18H24N2O. The third kappa shape index (κ3) is 2.25. The summed E-state index contributed by atoms with van der Waals surface area (Å²) in [7, 11) is 0. The maximum absolute atomic E-state index is 5.53. The molecule has 1 aliphatic rings. The van der Waals surface area contributed by atoms with Crippen LogP contribution in [-0.4, -0.2) is 16.2 Å². The number of fused-ring (bicyclic) bond motifs is 1. The number of benzene rings is 1. The predicted octanol–water partition coefficient (Wildman–Crippen LogP) is 4.79. The first-order valence-corrected chi connectivity index (χ1v) is 7.94. The van der Waals surface area contributed by atoms with Gasteiger partial charge in [0.25, 0.3) is 0 Å². The minimum absolute atomic E-state index is 0.473. The average molecular weight is 284 g/mol. The highest BCUT2D eigenvalue weighted by molar-refractivity contribution is 5.80. The lowest BCUT2D eigenvalue weighted by Gasteiger charge is -2.13. The molecule has 3 nitrogen and oxygen atoms in total. The zero-order valence-electron chi connectivity index (χ0n) is 13.2. The SMILES string of the molecule is C=C(OCC)c1ccc2ncn(C3CC3(CC)CC)c2c1. The van der Waals surface area contributed by atoms with Crippen molar-refractivity contribution in [3.05, 3.63) is 36.7 Å². The maximum atomic E-state index is 5.53. The van der Waals surface area contributed by atoms with Crippen LogP contribution in [0.25, 0.3) is 16.8 Å². The molecule has 0 bridgehead atoms. The van der Waals surface area contributed by atoms with Crippen molar-refractivity contribution in [2.24, 2.45) is 5.41 Å². The summed E-state index contributed by atoms with van der Waals surface area (Å²) in [6.45, 7) is 11.2. The van der Waals surface area contributed by atoms with Crippen LogP contribution in [0.15, 0.2) is 31.1 Å². The molecule has 3 rings (SSSR count). The van der Waals surface area contributed by atoms with Gasteiger partial charge in [-0.3, -0.25) is 0 Å². The summed E-state index contributed by atoms with van der Waals surface area (Å²) >= 11 is 0. The van der Waals surface area contributed by atoms with E-state index in [1.54, 1.807) is 0 Å². The van der Waals surface area contributed by atoms with Gasteiger partial charge < -0.3 is 9.30 Å². The molecule has 1 heterocycles. The predicted molar refractivity (Wildman–Crippen MR) is 87.1 cm³/mol. The van der Waals surface area contributed by atoms with Crippen LogP contribution in [0.4, 0.5) is 0 Å². The van der Waals surface area contributed by atoms with E-state index in [1.807, 2.05) is 19.3 Å². The number of nitrogens with zero attached hydrogens (tertiary/aromatic N) is 2. The number of rotatable bonds is 6. The Bertz CT molecular complexity index is 667. The van der Waals surface area contributed by atoms with Crippen molar-refractivity contribution in [2.45, 2.75) is 46.1 Å². The van der Waals surface area contributed by atoms with E-state index in [4.69, 9.17) is 4.74 Å². The van der Waals surface area contributed by atoms with Crippen molar-refractivity contribution < 1.29 is 4.74 Å². The van der Waals surface area contributed by atoms with Gasteiger partial charge in [0.05, 0.1) is 24.0 Å². The summed E-state index contributed by atoms with van der Waals surface area (Å²) in [6.07, 6.45) is 5.73. The molecule has 1 aromatic carbocycles. The standard InChI is InChI=1S/C18H24N2O/c1-5-18(6-2)11-17(18)20-12-19-15-9-8-14(10-16(15)20)13(4)21-7-3/h8-10,12,17H,4-7,11H2,1-3H3. The van der Waals surface area contributed by atoms with Crippen molar-refractivity contribution in [3.8, 4) is 0 Å². The van der Waals surface area contributed by atoms with Crippen molar-refractivity contribution in [1.82, 2.24) is 9.55 Å². The fourth-order valence-corrected chi connectivity index (χ4v) is 3.43. The molecule has 0 amide bonds. The smallest absolute Gasteiger partial charge is 0.119 e. The molecule has 0 saturated heterocycles. The van der Waals surface area contributed by atoms with E-state index in [-0.39, 0.29) is 0 Å². The first-order chi connectivity index (χ1) is 10.1. The summed E-state index contributed by atoms with van der Waals surface area (Å²) in [5.74, 6) is 0.736. The second-order valence-corrected chi connectivity index (χ2v) is 6.00. The van der Waals surface area contributed by atoms with E-state index in [9.17, 15) is 0 Å². The normalized spacial score (nSPS) is 19.7. The molecule has 1 unspecified atom stereocenters. The fourth-order valence-electron chi connectivity index (χ4n) is 3.43. The quantitative estimate of drug-likeness (QED) is 0.713. The van der Waals surface area contributed by atoms with E-state index < -0.39 is 0 Å². The number of imidazole rings is 1. The van der Waals surface area contributed by atoms with Gasteiger partial charge in [-0.05, 0) is 49.8 Å². The van der Waals surface area contributed by atoms with Crippen LogP contribution >= 0.6 is 0 Å². The molecule has 3 heteroatoms. The third-order valence-corrected chi connectivity index (χ3v) is 5.11. The molecule has 1 atom stereocenters. The van der Waals surface area contributed by atoms with Crippen LogP contribution in [0, 0.1) is 5.41 Å². The van der Waals surface area contributed by atoms with Crippen LogP contribution in [0.1, 0.15) is 51.6 Å². The molecule has 1 saturated carbocycles. The molecule has 0 spiro atoms. The van der Waals surface area contributed by atoms with Gasteiger partial charge in [0.1, 0.15) is 5.76 Å². The van der Waals surface area contributed by atoms with E-state index in [2.05, 4.69) is 42.1 Å². The second-order valence-electron chi connectivity index (χ2n) is 6.00. The monoisotopic (exact) mass is 284 g/mol. The molecule has 0 N–H and O–H groups in total. The van der Waals surface area contributed by atoms with Gasteiger partial charge in [-0.25, -0.2) is 4.98 Å². The number of ether oxygens (including phenoxy) is 1. The van der Waals surface area contributed by atoms with E-state index in [0.717, 1.165) is 16.8 Å². The zero-order chi connectivity index (χ0) is 15.0. The number of hydrogen-bond donors (Lipinski definition) is 0. The maximum Gasteiger partial charge on any atom is 0.119 e. The topological polar surface area (TPSA) is 27.1 Å². The number of hydrogen-bond acceptors (Lipinski definition) is 2. The molecule has 21 heavy (non-hydrogen) atoms. The fraction of sp³-hybridized carbons (Fsp3) is 0.500. The third-order valence-electron chi connectivity index (χ3n) is 5.11. The highest BCUT2D eigenvalue weighted by Gasteiger charge is 2.52. The zero-order valence-corrected chi connectivity index (χ0v) is 13.2. The Labute approximate surface area is 126 Å². The van der Waals surface area contributed by atoms with Gasteiger partial charge >= 0.3 is 0 Å². The number of aromatic nitrogens is 2. The first kappa shape index (κ1) is 14.2. The second kappa shape index (κ2) is 5.21. The molecule has 1 fully saturated rings. The largest absolute Gasteiger partial charge is 0.494 e. The highest BCUT2D eigenvalue weighted by atomic mass is 16.5. The van der Waals surface area contributed by atoms with Gasteiger partial charge in [-0.2, -0.15) is 0 Å². The lowest BCUT2D eigenvalue weighted by Crippen LogP contribution is -2.04. The molecule has 1 aliphatic carbocycles. The lowest BCUT2D eigenvalue weighted by molar-refractivity contribution is 0.299. The summed E-state index contributed by atoms with van der Waals surface area (Å²) < 4.78 is 7.88. The Morgan fingerprint density at radius 2 is 2.14 bits per heavy atom. The summed E-state index contributed by atoms with van der Waals surface area (Å²) in [4.78, 5) is 4.55. The average Bonchev–Trinajstić information content (AvgIpc) is 3.09. The minimum atomic E-state index is 0.473. The Morgan fingerprint density at radius 1 is 1.38 bits per heavy atom. The van der Waals surface area contributed by atoms with E-state index in [1.165, 1.54) is 24.8 Å². The first-order valence-electron chi connectivity index (χ1n) is 7.94. The van der Waals surface area contributed by atoms with E-state index >= 15 is 0 Å². The van der Waals surface area contributed by atoms with Crippen LogP contribution in [-0.2, 0) is 4.74 Å². The molecule has 0 aliphatic heterocycles. The van der Waals surface area contributed by atoms with E-state index in [0.29, 0.717) is 18.1 Å². The van der Waals surface area contributed by atoms with Gasteiger partial charge in [0, 0.05) is 11.6 Å². The molecule has 0 radical (unpaired) electrons. The van der Waals surface area contributed by atoms with Crippen molar-refractivity contribution in [2.75, 3.05) is 6.61 Å². The summed E-state index contributed by atoms with van der Waals surface area (Å²) in [6, 6.07) is 6.85. The van der Waals surface area contributed by atoms with Crippen LogP contribution in [0.3, 0.4) is 0 Å². The highest BCUT2D eigenvalue weighted by Crippen LogP contribution is 2.61. The van der Waals surface area contributed by atoms with Crippen molar-refractivity contribution >= 4 is 16.8 Å². The minimum Gasteiger partial charge on any atom is -0.494 e. The molecule has 1 aromatic heterocycles. The Morgan fingerprint density at radius 3 is 2.76 bits per heavy atom. The van der Waals surface area contributed by atoms with Crippen LogP contribution < -0.4 is 0 Å². The van der Waals surface area contributed by atoms with Crippen molar-refractivity contribution in [1.29, 1.82) is 0 Å². The summed E-state index contributed by atoms with van der Waals surface area (Å²) in [5.41, 5.74) is 3.77. The Kier molecular flexibility index (Phi) is 3.52. The van der Waals surface area contributed by atoms with Gasteiger partial charge in [-0.1, -0.05) is 20.4 Å². The Hall–Kier alpha value is -1.77. The molecular weight excluding hydrogens is 260 g/mol. The van der Waals surface area contributed by atoms with Gasteiger partial charge in [-0.15, -0.1) is 0 Å². The van der Waals surface area contributed by atoms with Crippen LogP contribution in [0.5, 0.6) is 0 Å². The van der Waals surface area contributed by atoms with Gasteiger partial charge in [0.15, 0.2) is 0 Å². The molecule has 112 valence electrons. The van der Waals surface area contributed by atoms with Crippen molar-refractivity contribution in [3.63, 3.8) is 0 Å². The Balaban J connectivity index is 1.98. The van der Waals surface area contributed by atoms with Gasteiger partial charge in [0.2, 0.25) is 0 Å². The van der Waals surface area contributed by atoms with Crippen LogP contribution in [0.2, 0.25) is 0 Å². The molecule has 2 aromatic rings. The lowest BCUT2D eigenvalue weighted by atomic mass is 9.99.